The first-order valence-corrected chi connectivity index (χ1v) is 5.95. The summed E-state index contributed by atoms with van der Waals surface area (Å²) in [5.74, 6) is 0. The van der Waals surface area contributed by atoms with Gasteiger partial charge in [0.25, 0.3) is 5.56 Å². The molecule has 84 valence electrons. The van der Waals surface area contributed by atoms with Crippen molar-refractivity contribution in [1.29, 1.82) is 0 Å². The minimum atomic E-state index is -0.0470. The Morgan fingerprint density at radius 3 is 2.67 bits per heavy atom. The smallest absolute Gasteiger partial charge is 0.254 e. The van der Waals surface area contributed by atoms with E-state index in [1.54, 1.807) is 6.20 Å². The van der Waals surface area contributed by atoms with Crippen molar-refractivity contribution in [3.05, 3.63) is 26.9 Å². The Kier molecular flexibility index (Phi) is 5.32. The molecule has 0 saturated carbocycles. The second-order valence-corrected chi connectivity index (χ2v) is 4.17. The van der Waals surface area contributed by atoms with Gasteiger partial charge in [-0.2, -0.15) is 0 Å². The van der Waals surface area contributed by atoms with Gasteiger partial charge < -0.3 is 4.98 Å². The highest BCUT2D eigenvalue weighted by Crippen LogP contribution is 2.05. The molecule has 4 heteroatoms. The van der Waals surface area contributed by atoms with Gasteiger partial charge in [0.15, 0.2) is 4.77 Å². The third-order valence-corrected chi connectivity index (χ3v) is 2.67. The molecule has 1 aromatic heterocycles. The highest BCUT2D eigenvalue weighted by atomic mass is 32.1. The van der Waals surface area contributed by atoms with E-state index in [4.69, 9.17) is 12.2 Å². The van der Waals surface area contributed by atoms with Crippen molar-refractivity contribution >= 4 is 12.2 Å². The van der Waals surface area contributed by atoms with Crippen LogP contribution < -0.4 is 5.56 Å². The maximum absolute atomic E-state index is 11.4. The molecule has 0 radical (unpaired) electrons. The first-order valence-electron chi connectivity index (χ1n) is 5.55. The number of aromatic nitrogens is 2. The molecule has 1 aromatic rings. The molecule has 0 aliphatic carbocycles. The van der Waals surface area contributed by atoms with Gasteiger partial charge in [-0.25, -0.2) is 0 Å². The summed E-state index contributed by atoms with van der Waals surface area (Å²) < 4.78 is 0.398. The van der Waals surface area contributed by atoms with E-state index < -0.39 is 0 Å². The van der Waals surface area contributed by atoms with Gasteiger partial charge in [-0.3, -0.25) is 9.78 Å². The maximum Gasteiger partial charge on any atom is 0.254 e. The molecule has 0 spiro atoms. The highest BCUT2D eigenvalue weighted by molar-refractivity contribution is 7.71. The summed E-state index contributed by atoms with van der Waals surface area (Å²) in [5, 5.41) is 0. The lowest BCUT2D eigenvalue weighted by Gasteiger charge is -2.00. The van der Waals surface area contributed by atoms with Crippen molar-refractivity contribution in [3.8, 4) is 0 Å². The third kappa shape index (κ3) is 4.42. The second-order valence-electron chi connectivity index (χ2n) is 3.76. The van der Waals surface area contributed by atoms with Gasteiger partial charge in [-0.15, -0.1) is 0 Å². The topological polar surface area (TPSA) is 48.6 Å². The largest absolute Gasteiger partial charge is 0.338 e. The SMILES string of the molecule is CCCCCCCc1c[nH]c(=S)[nH]c1=O. The van der Waals surface area contributed by atoms with Crippen molar-refractivity contribution in [2.75, 3.05) is 0 Å². The summed E-state index contributed by atoms with van der Waals surface area (Å²) in [5.41, 5.74) is 0.759. The van der Waals surface area contributed by atoms with E-state index >= 15 is 0 Å². The summed E-state index contributed by atoms with van der Waals surface area (Å²) in [6.45, 7) is 2.20. The van der Waals surface area contributed by atoms with Crippen LogP contribution in [0.25, 0.3) is 0 Å². The molecule has 15 heavy (non-hydrogen) atoms. The number of unbranched alkanes of at least 4 members (excludes halogenated alkanes) is 4. The van der Waals surface area contributed by atoms with Crippen LogP contribution in [0, 0.1) is 4.77 Å². The zero-order valence-corrected chi connectivity index (χ0v) is 9.95. The molecule has 3 nitrogen and oxygen atoms in total. The van der Waals surface area contributed by atoms with Crippen LogP contribution in [-0.2, 0) is 6.42 Å². The number of nitrogens with one attached hydrogen (secondary N) is 2. The van der Waals surface area contributed by atoms with Crippen LogP contribution in [0.15, 0.2) is 11.0 Å². The molecule has 1 heterocycles. The average molecular weight is 226 g/mol. The van der Waals surface area contributed by atoms with Crippen LogP contribution in [0.3, 0.4) is 0 Å². The first-order chi connectivity index (χ1) is 7.24. The fourth-order valence-electron chi connectivity index (χ4n) is 1.54. The number of hydrogen-bond donors (Lipinski definition) is 2. The van der Waals surface area contributed by atoms with E-state index in [-0.39, 0.29) is 5.56 Å². The van der Waals surface area contributed by atoms with Crippen molar-refractivity contribution in [1.82, 2.24) is 9.97 Å². The van der Waals surface area contributed by atoms with E-state index in [1.807, 2.05) is 0 Å². The van der Waals surface area contributed by atoms with Crippen LogP contribution >= 0.6 is 12.2 Å². The van der Waals surface area contributed by atoms with Crippen molar-refractivity contribution < 1.29 is 0 Å². The van der Waals surface area contributed by atoms with Gasteiger partial charge in [0.1, 0.15) is 0 Å². The van der Waals surface area contributed by atoms with Gasteiger partial charge in [0.05, 0.1) is 0 Å². The van der Waals surface area contributed by atoms with E-state index in [0.717, 1.165) is 18.4 Å². The summed E-state index contributed by atoms with van der Waals surface area (Å²) in [6.07, 6.45) is 8.63. The Labute approximate surface area is 94.9 Å². The lowest BCUT2D eigenvalue weighted by Crippen LogP contribution is -2.13. The first kappa shape index (κ1) is 12.2. The Morgan fingerprint density at radius 1 is 1.27 bits per heavy atom. The molecule has 0 unspecified atom stereocenters. The van der Waals surface area contributed by atoms with Gasteiger partial charge in [-0.05, 0) is 25.1 Å². The lowest BCUT2D eigenvalue weighted by atomic mass is 10.1. The van der Waals surface area contributed by atoms with Gasteiger partial charge in [-0.1, -0.05) is 32.6 Å². The number of H-pyrrole nitrogens is 2. The van der Waals surface area contributed by atoms with E-state index in [9.17, 15) is 4.79 Å². The maximum atomic E-state index is 11.4. The monoisotopic (exact) mass is 226 g/mol. The summed E-state index contributed by atoms with van der Waals surface area (Å²) >= 11 is 4.82. The highest BCUT2D eigenvalue weighted by Gasteiger charge is 1.98. The van der Waals surface area contributed by atoms with Crippen LogP contribution in [0.4, 0.5) is 0 Å². The quantitative estimate of drug-likeness (QED) is 0.578. The van der Waals surface area contributed by atoms with E-state index in [0.29, 0.717) is 4.77 Å². The molecular formula is C11H18N2OS. The Hall–Kier alpha value is -0.900. The fraction of sp³-hybridized carbons (Fsp3) is 0.636. The predicted octanol–water partition coefficient (Wildman–Crippen LogP) is 2.95. The number of rotatable bonds is 6. The summed E-state index contributed by atoms with van der Waals surface area (Å²) in [6, 6.07) is 0. The minimum Gasteiger partial charge on any atom is -0.338 e. The molecule has 2 N–H and O–H groups in total. The van der Waals surface area contributed by atoms with Crippen molar-refractivity contribution in [2.45, 2.75) is 45.4 Å². The van der Waals surface area contributed by atoms with Crippen molar-refractivity contribution in [3.63, 3.8) is 0 Å². The molecule has 1 rings (SSSR count). The van der Waals surface area contributed by atoms with Gasteiger partial charge in [0.2, 0.25) is 0 Å². The van der Waals surface area contributed by atoms with Crippen LogP contribution in [0.5, 0.6) is 0 Å². The van der Waals surface area contributed by atoms with Gasteiger partial charge in [0, 0.05) is 11.8 Å². The Morgan fingerprint density at radius 2 is 2.00 bits per heavy atom. The van der Waals surface area contributed by atoms with Crippen molar-refractivity contribution in [2.24, 2.45) is 0 Å². The molecule has 0 aliphatic rings. The lowest BCUT2D eigenvalue weighted by molar-refractivity contribution is 0.629. The van der Waals surface area contributed by atoms with Gasteiger partial charge >= 0.3 is 0 Å². The molecular weight excluding hydrogens is 208 g/mol. The molecule has 0 aromatic carbocycles. The molecule has 0 atom stereocenters. The van der Waals surface area contributed by atoms with E-state index in [1.165, 1.54) is 25.7 Å². The normalized spacial score (nSPS) is 10.5. The molecule has 0 saturated heterocycles. The zero-order chi connectivity index (χ0) is 11.1. The fourth-order valence-corrected chi connectivity index (χ4v) is 1.69. The Balaban J connectivity index is 2.38. The zero-order valence-electron chi connectivity index (χ0n) is 9.14. The standard InChI is InChI=1S/C11H18N2OS/c1-2-3-4-5-6-7-9-8-12-11(15)13-10(9)14/h8H,2-7H2,1H3,(H2,12,13,14,15). The number of aryl methyl sites for hydroxylation is 1. The van der Waals surface area contributed by atoms with Crippen LogP contribution in [0.2, 0.25) is 0 Å². The molecule has 0 aliphatic heterocycles. The van der Waals surface area contributed by atoms with E-state index in [2.05, 4.69) is 16.9 Å². The third-order valence-electron chi connectivity index (χ3n) is 2.45. The van der Waals surface area contributed by atoms with Crippen LogP contribution in [0.1, 0.15) is 44.6 Å². The Bertz CT molecular complexity index is 394. The molecule has 0 amide bonds. The van der Waals surface area contributed by atoms with Crippen LogP contribution in [-0.4, -0.2) is 9.97 Å². The summed E-state index contributed by atoms with van der Waals surface area (Å²) in [4.78, 5) is 16.9. The number of hydrogen-bond acceptors (Lipinski definition) is 2. The molecule has 0 fully saturated rings. The molecule has 0 bridgehead atoms. The average Bonchev–Trinajstić information content (AvgIpc) is 2.20. The predicted molar refractivity (Wildman–Crippen MR) is 64.7 cm³/mol. The minimum absolute atomic E-state index is 0.0470. The number of aromatic amines is 2. The second kappa shape index (κ2) is 6.56. The summed E-state index contributed by atoms with van der Waals surface area (Å²) in [7, 11) is 0.